The number of nitrogens with two attached hydrogens (primary N) is 1. The van der Waals surface area contributed by atoms with E-state index < -0.39 is 0 Å². The maximum absolute atomic E-state index is 9.04. The summed E-state index contributed by atoms with van der Waals surface area (Å²) in [6, 6.07) is 9.64. The zero-order valence-electron chi connectivity index (χ0n) is 8.81. The number of hydrogen-bond acceptors (Lipinski definition) is 4. The molecule has 3 aromatic rings. The topological polar surface area (TPSA) is 76.1 Å². The second kappa shape index (κ2) is 3.42. The monoisotopic (exact) mass is 224 g/mol. The van der Waals surface area contributed by atoms with E-state index in [1.54, 1.807) is 6.26 Å². The number of furan rings is 2. The molecular weight excluding hydrogens is 216 g/mol. The van der Waals surface area contributed by atoms with Crippen LogP contribution in [0.1, 0.15) is 5.56 Å². The Morgan fingerprint density at radius 3 is 2.65 bits per heavy atom. The Hall–Kier alpha value is -2.67. The van der Waals surface area contributed by atoms with Crippen LogP contribution < -0.4 is 5.73 Å². The zero-order chi connectivity index (χ0) is 11.8. The van der Waals surface area contributed by atoms with E-state index in [1.807, 2.05) is 30.3 Å². The summed E-state index contributed by atoms with van der Waals surface area (Å²) in [7, 11) is 0. The van der Waals surface area contributed by atoms with E-state index in [9.17, 15) is 0 Å². The van der Waals surface area contributed by atoms with Crippen molar-refractivity contribution < 1.29 is 8.83 Å². The number of nitrogen functional groups attached to an aromatic ring is 1. The number of nitriles is 1. The first kappa shape index (κ1) is 9.55. The molecule has 4 heteroatoms. The minimum absolute atomic E-state index is 0.132. The Morgan fingerprint density at radius 2 is 1.82 bits per heavy atom. The fourth-order valence-electron chi connectivity index (χ4n) is 1.87. The van der Waals surface area contributed by atoms with Crippen molar-refractivity contribution in [2.24, 2.45) is 0 Å². The predicted molar refractivity (Wildman–Crippen MR) is 63.0 cm³/mol. The van der Waals surface area contributed by atoms with Crippen molar-refractivity contribution in [1.29, 1.82) is 5.26 Å². The molecule has 0 radical (unpaired) electrons. The van der Waals surface area contributed by atoms with E-state index in [1.165, 1.54) is 6.26 Å². The van der Waals surface area contributed by atoms with Gasteiger partial charge in [0.1, 0.15) is 23.5 Å². The number of para-hydroxylation sites is 1. The van der Waals surface area contributed by atoms with Crippen molar-refractivity contribution in [2.45, 2.75) is 0 Å². The number of nitrogens with zero attached hydrogens (tertiary/aromatic N) is 1. The number of anilines is 1. The van der Waals surface area contributed by atoms with E-state index in [-0.39, 0.29) is 5.88 Å². The van der Waals surface area contributed by atoms with Gasteiger partial charge < -0.3 is 14.6 Å². The Bertz CT molecular complexity index is 731. The second-order valence-corrected chi connectivity index (χ2v) is 3.65. The minimum Gasteiger partial charge on any atom is -0.464 e. The Labute approximate surface area is 96.9 Å². The summed E-state index contributed by atoms with van der Waals surface area (Å²) in [6.07, 6.45) is 3.08. The van der Waals surface area contributed by atoms with Gasteiger partial charge in [0, 0.05) is 16.5 Å². The van der Waals surface area contributed by atoms with Crippen LogP contribution in [-0.4, -0.2) is 0 Å². The molecule has 0 saturated heterocycles. The summed E-state index contributed by atoms with van der Waals surface area (Å²) in [5, 5.41) is 9.97. The molecule has 0 spiro atoms. The smallest absolute Gasteiger partial charge is 0.208 e. The standard InChI is InChI=1S/C13H8N2O2/c14-5-9-11(7-17-13(9)15)10-6-16-12-4-2-1-3-8(10)12/h1-4,6-7H,15H2. The van der Waals surface area contributed by atoms with Gasteiger partial charge in [-0.2, -0.15) is 5.26 Å². The number of fused-ring (bicyclic) bond motifs is 1. The number of hydrogen-bond donors (Lipinski definition) is 1. The van der Waals surface area contributed by atoms with Crippen LogP contribution in [0.3, 0.4) is 0 Å². The summed E-state index contributed by atoms with van der Waals surface area (Å²) in [6.45, 7) is 0. The molecule has 0 aliphatic rings. The van der Waals surface area contributed by atoms with Crippen LogP contribution in [0.2, 0.25) is 0 Å². The van der Waals surface area contributed by atoms with Crippen LogP contribution in [0.25, 0.3) is 22.1 Å². The first-order valence-electron chi connectivity index (χ1n) is 5.05. The van der Waals surface area contributed by atoms with Gasteiger partial charge >= 0.3 is 0 Å². The highest BCUT2D eigenvalue weighted by molar-refractivity contribution is 5.95. The van der Waals surface area contributed by atoms with Gasteiger partial charge in [0.05, 0.1) is 6.26 Å². The van der Waals surface area contributed by atoms with Crippen molar-refractivity contribution in [3.05, 3.63) is 42.4 Å². The van der Waals surface area contributed by atoms with Gasteiger partial charge in [0.2, 0.25) is 5.88 Å². The van der Waals surface area contributed by atoms with Crippen molar-refractivity contribution in [3.8, 4) is 17.2 Å². The van der Waals surface area contributed by atoms with Gasteiger partial charge in [0.15, 0.2) is 0 Å². The van der Waals surface area contributed by atoms with Crippen molar-refractivity contribution in [3.63, 3.8) is 0 Å². The highest BCUT2D eigenvalue weighted by Crippen LogP contribution is 2.35. The molecule has 0 fully saturated rings. The molecule has 0 unspecified atom stereocenters. The zero-order valence-corrected chi connectivity index (χ0v) is 8.81. The fourth-order valence-corrected chi connectivity index (χ4v) is 1.87. The second-order valence-electron chi connectivity index (χ2n) is 3.65. The third-order valence-corrected chi connectivity index (χ3v) is 2.70. The van der Waals surface area contributed by atoms with E-state index in [0.29, 0.717) is 11.1 Å². The van der Waals surface area contributed by atoms with Crippen LogP contribution in [0, 0.1) is 11.3 Å². The Balaban J connectivity index is 2.32. The molecule has 17 heavy (non-hydrogen) atoms. The Kier molecular flexibility index (Phi) is 1.92. The van der Waals surface area contributed by atoms with Gasteiger partial charge in [0.25, 0.3) is 0 Å². The van der Waals surface area contributed by atoms with E-state index in [2.05, 4.69) is 0 Å². The summed E-state index contributed by atoms with van der Waals surface area (Å²) in [4.78, 5) is 0. The van der Waals surface area contributed by atoms with Crippen LogP contribution in [-0.2, 0) is 0 Å². The van der Waals surface area contributed by atoms with Crippen LogP contribution in [0.15, 0.2) is 45.6 Å². The van der Waals surface area contributed by atoms with Gasteiger partial charge in [-0.05, 0) is 6.07 Å². The summed E-state index contributed by atoms with van der Waals surface area (Å²) in [5.41, 5.74) is 8.18. The van der Waals surface area contributed by atoms with E-state index in [0.717, 1.165) is 16.5 Å². The average molecular weight is 224 g/mol. The molecule has 2 N–H and O–H groups in total. The van der Waals surface area contributed by atoms with E-state index in [4.69, 9.17) is 19.8 Å². The summed E-state index contributed by atoms with van der Waals surface area (Å²) in [5.74, 6) is 0.132. The average Bonchev–Trinajstić information content (AvgIpc) is 2.92. The number of rotatable bonds is 1. The molecule has 2 heterocycles. The predicted octanol–water partition coefficient (Wildman–Crippen LogP) is 3.15. The van der Waals surface area contributed by atoms with Crippen molar-refractivity contribution in [1.82, 2.24) is 0 Å². The van der Waals surface area contributed by atoms with Gasteiger partial charge in [-0.3, -0.25) is 0 Å². The molecule has 2 aromatic heterocycles. The SMILES string of the molecule is N#Cc1c(-c2coc3ccccc23)coc1N. The van der Waals surface area contributed by atoms with Gasteiger partial charge in [-0.15, -0.1) is 0 Å². The van der Waals surface area contributed by atoms with Gasteiger partial charge in [-0.1, -0.05) is 18.2 Å². The molecule has 4 nitrogen and oxygen atoms in total. The van der Waals surface area contributed by atoms with Crippen molar-refractivity contribution in [2.75, 3.05) is 5.73 Å². The maximum Gasteiger partial charge on any atom is 0.208 e. The minimum atomic E-state index is 0.132. The lowest BCUT2D eigenvalue weighted by molar-refractivity contribution is 0.587. The summed E-state index contributed by atoms with van der Waals surface area (Å²) >= 11 is 0. The fraction of sp³-hybridized carbons (Fsp3) is 0. The molecule has 0 aliphatic carbocycles. The molecule has 0 amide bonds. The third-order valence-electron chi connectivity index (χ3n) is 2.70. The highest BCUT2D eigenvalue weighted by Gasteiger charge is 2.16. The molecule has 0 atom stereocenters. The maximum atomic E-state index is 9.04. The highest BCUT2D eigenvalue weighted by atomic mass is 16.3. The summed E-state index contributed by atoms with van der Waals surface area (Å²) < 4.78 is 10.5. The van der Waals surface area contributed by atoms with Crippen LogP contribution in [0.4, 0.5) is 5.88 Å². The molecule has 82 valence electrons. The molecular formula is C13H8N2O2. The lowest BCUT2D eigenvalue weighted by Crippen LogP contribution is -1.85. The normalized spacial score (nSPS) is 10.5. The first-order valence-corrected chi connectivity index (χ1v) is 5.05. The third kappa shape index (κ3) is 1.30. The molecule has 0 aliphatic heterocycles. The lowest BCUT2D eigenvalue weighted by atomic mass is 10.0. The molecule has 0 bridgehead atoms. The largest absolute Gasteiger partial charge is 0.464 e. The van der Waals surface area contributed by atoms with Gasteiger partial charge in [-0.25, -0.2) is 0 Å². The first-order chi connectivity index (χ1) is 8.31. The molecule has 0 saturated carbocycles. The van der Waals surface area contributed by atoms with E-state index >= 15 is 0 Å². The Morgan fingerprint density at radius 1 is 1.06 bits per heavy atom. The number of benzene rings is 1. The molecule has 3 rings (SSSR count). The van der Waals surface area contributed by atoms with Crippen LogP contribution >= 0.6 is 0 Å². The lowest BCUT2D eigenvalue weighted by Gasteiger charge is -1.93. The quantitative estimate of drug-likeness (QED) is 0.688. The molecule has 1 aromatic carbocycles. The van der Waals surface area contributed by atoms with Crippen molar-refractivity contribution >= 4 is 16.9 Å². The van der Waals surface area contributed by atoms with Crippen LogP contribution in [0.5, 0.6) is 0 Å².